The Morgan fingerprint density at radius 2 is 2.16 bits per heavy atom. The minimum absolute atomic E-state index is 0.0450. The molecule has 0 aliphatic carbocycles. The summed E-state index contributed by atoms with van der Waals surface area (Å²) < 4.78 is 5.19. The monoisotopic (exact) mass is 284 g/mol. The van der Waals surface area contributed by atoms with E-state index < -0.39 is 0 Å². The van der Waals surface area contributed by atoms with Crippen molar-refractivity contribution < 1.29 is 14.6 Å². The van der Waals surface area contributed by atoms with Crippen LogP contribution in [0.2, 0.25) is 0 Å². The molecule has 19 heavy (non-hydrogen) atoms. The van der Waals surface area contributed by atoms with Gasteiger partial charge in [0.25, 0.3) is 5.91 Å². The number of amides is 1. The van der Waals surface area contributed by atoms with Crippen LogP contribution in [-0.4, -0.2) is 66.8 Å². The normalized spacial score (nSPS) is 18.4. The van der Waals surface area contributed by atoms with Crippen LogP contribution in [-0.2, 0) is 0 Å². The van der Waals surface area contributed by atoms with Crippen molar-refractivity contribution in [3.63, 3.8) is 0 Å². The number of carbonyl (C=O) groups excluding carboxylic acids is 1. The fourth-order valence-corrected chi connectivity index (χ4v) is 3.09. The number of rotatable bonds is 4. The molecule has 6 heteroatoms. The highest BCUT2D eigenvalue weighted by molar-refractivity contribution is 7.12. The maximum atomic E-state index is 12.4. The lowest BCUT2D eigenvalue weighted by Gasteiger charge is -2.35. The Morgan fingerprint density at radius 3 is 2.74 bits per heavy atom. The average Bonchev–Trinajstić information content (AvgIpc) is 2.86. The van der Waals surface area contributed by atoms with Crippen LogP contribution < -0.4 is 4.74 Å². The minimum atomic E-state index is -0.320. The van der Waals surface area contributed by atoms with Crippen molar-refractivity contribution in [3.8, 4) is 5.75 Å². The maximum absolute atomic E-state index is 12.4. The number of methoxy groups -OCH3 is 1. The molecule has 1 fully saturated rings. The van der Waals surface area contributed by atoms with Gasteiger partial charge in [-0.3, -0.25) is 9.69 Å². The second-order valence-electron chi connectivity index (χ2n) is 4.76. The lowest BCUT2D eigenvalue weighted by Crippen LogP contribution is -2.50. The first-order chi connectivity index (χ1) is 9.11. The number of piperazine rings is 1. The van der Waals surface area contributed by atoms with E-state index in [1.807, 2.05) is 16.3 Å². The quantitative estimate of drug-likeness (QED) is 0.892. The predicted octanol–water partition coefficient (Wildman–Crippen LogP) is 0.895. The van der Waals surface area contributed by atoms with Gasteiger partial charge in [-0.1, -0.05) is 0 Å². The number of aliphatic hydroxyl groups is 1. The van der Waals surface area contributed by atoms with Crippen LogP contribution in [0.5, 0.6) is 5.75 Å². The predicted molar refractivity (Wildman–Crippen MR) is 74.9 cm³/mol. The molecule has 1 saturated heterocycles. The third kappa shape index (κ3) is 3.46. The Bertz CT molecular complexity index is 425. The Hall–Kier alpha value is -1.11. The maximum Gasteiger partial charge on any atom is 0.267 e. The molecule has 1 aliphatic rings. The van der Waals surface area contributed by atoms with Crippen molar-refractivity contribution in [2.75, 3.05) is 39.8 Å². The molecule has 0 bridgehead atoms. The van der Waals surface area contributed by atoms with Crippen LogP contribution in [0, 0.1) is 0 Å². The molecule has 0 unspecified atom stereocenters. The summed E-state index contributed by atoms with van der Waals surface area (Å²) in [7, 11) is 1.58. The first kappa shape index (κ1) is 14.3. The van der Waals surface area contributed by atoms with E-state index in [1.165, 1.54) is 11.3 Å². The van der Waals surface area contributed by atoms with Crippen LogP contribution in [0.3, 0.4) is 0 Å². The lowest BCUT2D eigenvalue weighted by molar-refractivity contribution is 0.0556. The number of aliphatic hydroxyl groups excluding tert-OH is 1. The Kier molecular flexibility index (Phi) is 4.79. The zero-order chi connectivity index (χ0) is 13.8. The number of thiophene rings is 1. The van der Waals surface area contributed by atoms with Crippen molar-refractivity contribution in [2.45, 2.75) is 13.0 Å². The lowest BCUT2D eigenvalue weighted by atomic mass is 10.2. The highest BCUT2D eigenvalue weighted by Gasteiger charge is 2.25. The molecule has 2 heterocycles. The van der Waals surface area contributed by atoms with Gasteiger partial charge >= 0.3 is 0 Å². The molecule has 0 radical (unpaired) electrons. The van der Waals surface area contributed by atoms with Gasteiger partial charge in [0, 0.05) is 32.7 Å². The molecular formula is C13H20N2O3S. The first-order valence-corrected chi connectivity index (χ1v) is 7.31. The fraction of sp³-hybridized carbons (Fsp3) is 0.615. The van der Waals surface area contributed by atoms with Gasteiger partial charge in [-0.15, -0.1) is 11.3 Å². The molecule has 1 aliphatic heterocycles. The number of nitrogens with zero attached hydrogens (tertiary/aromatic N) is 2. The van der Waals surface area contributed by atoms with E-state index in [0.29, 0.717) is 30.3 Å². The zero-order valence-corrected chi connectivity index (χ0v) is 12.2. The summed E-state index contributed by atoms with van der Waals surface area (Å²) in [6, 6.07) is 1.82. The van der Waals surface area contributed by atoms with Gasteiger partial charge in [-0.2, -0.15) is 0 Å². The van der Waals surface area contributed by atoms with E-state index in [-0.39, 0.29) is 12.0 Å². The molecule has 1 atom stereocenters. The zero-order valence-electron chi connectivity index (χ0n) is 11.3. The molecule has 1 amide bonds. The molecule has 5 nitrogen and oxygen atoms in total. The number of β-amino-alcohol motifs (C(OH)–C–C–N with tert-alkyl or cyclic N) is 1. The molecule has 0 aromatic carbocycles. The van der Waals surface area contributed by atoms with E-state index in [9.17, 15) is 9.90 Å². The Morgan fingerprint density at radius 1 is 1.47 bits per heavy atom. The van der Waals surface area contributed by atoms with E-state index in [0.717, 1.165) is 13.1 Å². The number of hydrogen-bond acceptors (Lipinski definition) is 5. The van der Waals surface area contributed by atoms with E-state index >= 15 is 0 Å². The average molecular weight is 284 g/mol. The van der Waals surface area contributed by atoms with E-state index in [2.05, 4.69) is 4.90 Å². The van der Waals surface area contributed by atoms with Gasteiger partial charge < -0.3 is 14.7 Å². The first-order valence-electron chi connectivity index (χ1n) is 6.43. The van der Waals surface area contributed by atoms with Crippen molar-refractivity contribution in [3.05, 3.63) is 16.3 Å². The minimum Gasteiger partial charge on any atom is -0.495 e. The molecule has 1 aromatic heterocycles. The van der Waals surface area contributed by atoms with Crippen LogP contribution in [0.4, 0.5) is 0 Å². The van der Waals surface area contributed by atoms with Gasteiger partial charge in [-0.25, -0.2) is 0 Å². The largest absolute Gasteiger partial charge is 0.495 e. The summed E-state index contributed by atoms with van der Waals surface area (Å²) in [6.07, 6.45) is -0.320. The molecule has 1 N–H and O–H groups in total. The molecule has 1 aromatic rings. The van der Waals surface area contributed by atoms with Crippen molar-refractivity contribution in [1.82, 2.24) is 9.80 Å². The van der Waals surface area contributed by atoms with Crippen molar-refractivity contribution in [1.29, 1.82) is 0 Å². The van der Waals surface area contributed by atoms with Crippen molar-refractivity contribution >= 4 is 17.2 Å². The molecule has 0 saturated carbocycles. The smallest absolute Gasteiger partial charge is 0.267 e. The third-order valence-corrected chi connectivity index (χ3v) is 4.11. The second-order valence-corrected chi connectivity index (χ2v) is 5.68. The van der Waals surface area contributed by atoms with Crippen molar-refractivity contribution in [2.24, 2.45) is 0 Å². The van der Waals surface area contributed by atoms with E-state index in [1.54, 1.807) is 14.0 Å². The van der Waals surface area contributed by atoms with Crippen LogP contribution >= 0.6 is 11.3 Å². The standard InChI is InChI=1S/C13H20N2O3S/c1-10(16)9-14-4-6-15(7-5-14)13(17)12-11(18-2)3-8-19-12/h3,8,10,16H,4-7,9H2,1-2H3/t10-/m0/s1. The summed E-state index contributed by atoms with van der Waals surface area (Å²) in [6.45, 7) is 5.48. The van der Waals surface area contributed by atoms with Gasteiger partial charge in [0.1, 0.15) is 10.6 Å². The van der Waals surface area contributed by atoms with Gasteiger partial charge in [0.2, 0.25) is 0 Å². The fourth-order valence-electron chi connectivity index (χ4n) is 2.26. The summed E-state index contributed by atoms with van der Waals surface area (Å²) in [5.74, 6) is 0.699. The van der Waals surface area contributed by atoms with E-state index in [4.69, 9.17) is 4.74 Å². The molecule has 0 spiro atoms. The number of ether oxygens (including phenoxy) is 1. The molecule has 2 rings (SSSR count). The van der Waals surface area contributed by atoms with Crippen LogP contribution in [0.15, 0.2) is 11.4 Å². The number of carbonyl (C=O) groups is 1. The third-order valence-electron chi connectivity index (χ3n) is 3.23. The van der Waals surface area contributed by atoms with Gasteiger partial charge in [-0.05, 0) is 18.4 Å². The van der Waals surface area contributed by atoms with Crippen LogP contribution in [0.25, 0.3) is 0 Å². The molecule has 106 valence electrons. The Balaban J connectivity index is 1.92. The summed E-state index contributed by atoms with van der Waals surface area (Å²) in [5.41, 5.74) is 0. The summed E-state index contributed by atoms with van der Waals surface area (Å²) in [4.78, 5) is 17.1. The van der Waals surface area contributed by atoms with Gasteiger partial charge in [0.15, 0.2) is 0 Å². The topological polar surface area (TPSA) is 53.0 Å². The van der Waals surface area contributed by atoms with Gasteiger partial charge in [0.05, 0.1) is 13.2 Å². The van der Waals surface area contributed by atoms with Crippen LogP contribution in [0.1, 0.15) is 16.6 Å². The summed E-state index contributed by atoms with van der Waals surface area (Å²) >= 11 is 1.42. The second kappa shape index (κ2) is 6.36. The SMILES string of the molecule is COc1ccsc1C(=O)N1CCN(C[C@H](C)O)CC1. The highest BCUT2D eigenvalue weighted by atomic mass is 32.1. The highest BCUT2D eigenvalue weighted by Crippen LogP contribution is 2.26. The Labute approximate surface area is 117 Å². The molecular weight excluding hydrogens is 264 g/mol. The number of hydrogen-bond donors (Lipinski definition) is 1. The summed E-state index contributed by atoms with van der Waals surface area (Å²) in [5, 5.41) is 11.2.